The summed E-state index contributed by atoms with van der Waals surface area (Å²) in [6.45, 7) is 8.77. The van der Waals surface area contributed by atoms with Crippen LogP contribution in [-0.2, 0) is 4.74 Å². The van der Waals surface area contributed by atoms with Crippen molar-refractivity contribution in [1.29, 1.82) is 0 Å². The van der Waals surface area contributed by atoms with Crippen molar-refractivity contribution >= 4 is 22.9 Å². The largest absolute Gasteiger partial charge is 0.374 e. The first-order valence-corrected chi connectivity index (χ1v) is 10.5. The Labute approximate surface area is 176 Å². The van der Waals surface area contributed by atoms with Crippen molar-refractivity contribution in [3.8, 4) is 11.3 Å². The molecule has 29 heavy (non-hydrogen) atoms. The van der Waals surface area contributed by atoms with Crippen LogP contribution < -0.4 is 4.90 Å². The standard InChI is InChI=1S/C23H25ClN4O/c1-3-19-12-23(14-29-19)7-9-27(10-8-23)22-20-13-25-15-28(20)21(16(2)26-22)17-5-4-6-18(24)11-17/h3-6,11,13,15,19H,1,7-10,12,14H2,2H3/t19-/m0/s1. The zero-order valence-corrected chi connectivity index (χ0v) is 17.4. The topological polar surface area (TPSA) is 42.7 Å². The minimum Gasteiger partial charge on any atom is -0.374 e. The summed E-state index contributed by atoms with van der Waals surface area (Å²) in [4.78, 5) is 11.9. The molecule has 2 fully saturated rings. The third-order valence-corrected chi connectivity index (χ3v) is 6.68. The van der Waals surface area contributed by atoms with Crippen LogP contribution >= 0.6 is 11.6 Å². The maximum absolute atomic E-state index is 6.24. The van der Waals surface area contributed by atoms with Gasteiger partial charge >= 0.3 is 0 Å². The Balaban J connectivity index is 1.48. The number of ether oxygens (including phenoxy) is 1. The molecule has 0 radical (unpaired) electrons. The molecule has 150 valence electrons. The predicted octanol–water partition coefficient (Wildman–Crippen LogP) is 4.92. The summed E-state index contributed by atoms with van der Waals surface area (Å²) in [5.41, 5.74) is 4.39. The van der Waals surface area contributed by atoms with E-state index in [1.807, 2.05) is 36.8 Å². The molecule has 1 spiro atoms. The summed E-state index contributed by atoms with van der Waals surface area (Å²) in [6.07, 6.45) is 9.26. The van der Waals surface area contributed by atoms with E-state index in [1.54, 1.807) is 0 Å². The average molecular weight is 409 g/mol. The highest BCUT2D eigenvalue weighted by molar-refractivity contribution is 6.30. The first-order chi connectivity index (χ1) is 14.1. The third-order valence-electron chi connectivity index (χ3n) is 6.45. The van der Waals surface area contributed by atoms with Crippen molar-refractivity contribution in [3.63, 3.8) is 0 Å². The molecule has 1 aromatic carbocycles. The Kier molecular flexibility index (Phi) is 4.60. The van der Waals surface area contributed by atoms with Gasteiger partial charge in [-0.2, -0.15) is 0 Å². The van der Waals surface area contributed by atoms with E-state index < -0.39 is 0 Å². The van der Waals surface area contributed by atoms with Crippen LogP contribution in [0.15, 0.2) is 49.4 Å². The number of anilines is 1. The summed E-state index contributed by atoms with van der Waals surface area (Å²) in [5, 5.41) is 0.720. The van der Waals surface area contributed by atoms with E-state index in [2.05, 4.69) is 33.9 Å². The number of halogens is 1. The molecule has 6 heteroatoms. The number of hydrogen-bond donors (Lipinski definition) is 0. The molecular formula is C23H25ClN4O. The molecule has 0 amide bonds. The fourth-order valence-electron chi connectivity index (χ4n) is 4.82. The van der Waals surface area contributed by atoms with Crippen molar-refractivity contribution in [3.05, 3.63) is 60.2 Å². The molecule has 5 rings (SSSR count). The van der Waals surface area contributed by atoms with Crippen LogP contribution in [0.5, 0.6) is 0 Å². The van der Waals surface area contributed by atoms with Crippen LogP contribution in [0.2, 0.25) is 5.02 Å². The van der Waals surface area contributed by atoms with E-state index in [4.69, 9.17) is 21.3 Å². The summed E-state index contributed by atoms with van der Waals surface area (Å²) in [5.74, 6) is 1.01. The number of aryl methyl sites for hydroxylation is 1. The molecule has 2 aliphatic rings. The molecule has 0 N–H and O–H groups in total. The van der Waals surface area contributed by atoms with Gasteiger partial charge in [-0.25, -0.2) is 9.97 Å². The van der Waals surface area contributed by atoms with Gasteiger partial charge < -0.3 is 9.64 Å². The van der Waals surface area contributed by atoms with Crippen LogP contribution in [0.1, 0.15) is 25.0 Å². The van der Waals surface area contributed by atoms with E-state index in [9.17, 15) is 0 Å². The molecule has 1 atom stereocenters. The summed E-state index contributed by atoms with van der Waals surface area (Å²) < 4.78 is 8.05. The third kappa shape index (κ3) is 3.22. The molecule has 2 aromatic heterocycles. The van der Waals surface area contributed by atoms with E-state index >= 15 is 0 Å². The molecule has 0 aliphatic carbocycles. The summed E-state index contributed by atoms with van der Waals surface area (Å²) in [7, 11) is 0. The van der Waals surface area contributed by atoms with Crippen molar-refractivity contribution in [2.75, 3.05) is 24.6 Å². The first kappa shape index (κ1) is 18.6. The predicted molar refractivity (Wildman–Crippen MR) is 117 cm³/mol. The number of piperidine rings is 1. The number of hydrogen-bond acceptors (Lipinski definition) is 4. The van der Waals surface area contributed by atoms with Gasteiger partial charge in [0.25, 0.3) is 0 Å². The summed E-state index contributed by atoms with van der Waals surface area (Å²) >= 11 is 6.24. The average Bonchev–Trinajstić information content (AvgIpc) is 3.36. The van der Waals surface area contributed by atoms with Crippen LogP contribution in [0.3, 0.4) is 0 Å². The van der Waals surface area contributed by atoms with Gasteiger partial charge in [-0.3, -0.25) is 4.40 Å². The Morgan fingerprint density at radius 2 is 2.14 bits per heavy atom. The van der Waals surface area contributed by atoms with E-state index in [-0.39, 0.29) is 6.10 Å². The van der Waals surface area contributed by atoms with Crippen LogP contribution in [-0.4, -0.2) is 40.2 Å². The minimum atomic E-state index is 0.209. The van der Waals surface area contributed by atoms with Gasteiger partial charge in [-0.15, -0.1) is 6.58 Å². The number of rotatable bonds is 3. The number of nitrogens with zero attached hydrogens (tertiary/aromatic N) is 4. The Morgan fingerprint density at radius 3 is 2.86 bits per heavy atom. The minimum absolute atomic E-state index is 0.209. The Bertz CT molecular complexity index is 1070. The molecule has 4 heterocycles. The number of benzene rings is 1. The van der Waals surface area contributed by atoms with Gasteiger partial charge in [0.1, 0.15) is 5.52 Å². The lowest BCUT2D eigenvalue weighted by Gasteiger charge is -2.39. The number of fused-ring (bicyclic) bond motifs is 1. The van der Waals surface area contributed by atoms with E-state index in [1.165, 1.54) is 0 Å². The normalized spacial score (nSPS) is 21.2. The zero-order chi connectivity index (χ0) is 20.0. The van der Waals surface area contributed by atoms with E-state index in [0.717, 1.165) is 72.3 Å². The van der Waals surface area contributed by atoms with Gasteiger partial charge in [-0.05, 0) is 43.7 Å². The van der Waals surface area contributed by atoms with Crippen LogP contribution in [0, 0.1) is 12.3 Å². The molecule has 5 nitrogen and oxygen atoms in total. The van der Waals surface area contributed by atoms with E-state index in [0.29, 0.717) is 5.41 Å². The van der Waals surface area contributed by atoms with Crippen LogP contribution in [0.4, 0.5) is 5.82 Å². The second-order valence-electron chi connectivity index (χ2n) is 8.30. The fraction of sp³-hybridized carbons (Fsp3) is 0.391. The highest BCUT2D eigenvalue weighted by atomic mass is 35.5. The van der Waals surface area contributed by atoms with Gasteiger partial charge in [0.05, 0.1) is 36.6 Å². The smallest absolute Gasteiger partial charge is 0.154 e. The maximum Gasteiger partial charge on any atom is 0.154 e. The Hall–Kier alpha value is -2.37. The number of imidazole rings is 1. The van der Waals surface area contributed by atoms with Crippen molar-refractivity contribution in [1.82, 2.24) is 14.4 Å². The fourth-order valence-corrected chi connectivity index (χ4v) is 5.01. The van der Waals surface area contributed by atoms with Gasteiger partial charge in [-0.1, -0.05) is 29.8 Å². The highest BCUT2D eigenvalue weighted by Gasteiger charge is 2.42. The second-order valence-corrected chi connectivity index (χ2v) is 8.74. The van der Waals surface area contributed by atoms with Crippen molar-refractivity contribution < 1.29 is 4.74 Å². The number of aromatic nitrogens is 3. The Morgan fingerprint density at radius 1 is 1.31 bits per heavy atom. The molecular weight excluding hydrogens is 384 g/mol. The maximum atomic E-state index is 6.24. The molecule has 2 aliphatic heterocycles. The first-order valence-electron chi connectivity index (χ1n) is 10.2. The monoisotopic (exact) mass is 408 g/mol. The molecule has 0 unspecified atom stereocenters. The highest BCUT2D eigenvalue weighted by Crippen LogP contribution is 2.43. The molecule has 2 saturated heterocycles. The van der Waals surface area contributed by atoms with Gasteiger partial charge in [0.2, 0.25) is 0 Å². The SMILES string of the molecule is C=C[C@H]1CC2(CCN(c3nc(C)c(-c4cccc(Cl)c4)n4cncc34)CC2)CO1. The van der Waals surface area contributed by atoms with Gasteiger partial charge in [0.15, 0.2) is 5.82 Å². The molecule has 3 aromatic rings. The lowest BCUT2D eigenvalue weighted by molar-refractivity contribution is 0.110. The quantitative estimate of drug-likeness (QED) is 0.577. The van der Waals surface area contributed by atoms with Gasteiger partial charge in [0, 0.05) is 23.7 Å². The lowest BCUT2D eigenvalue weighted by atomic mass is 9.76. The van der Waals surface area contributed by atoms with Crippen molar-refractivity contribution in [2.24, 2.45) is 5.41 Å². The lowest BCUT2D eigenvalue weighted by Crippen LogP contribution is -2.41. The molecule has 0 saturated carbocycles. The second kappa shape index (κ2) is 7.15. The molecule has 0 bridgehead atoms. The zero-order valence-electron chi connectivity index (χ0n) is 16.6. The van der Waals surface area contributed by atoms with Crippen LogP contribution in [0.25, 0.3) is 16.8 Å². The van der Waals surface area contributed by atoms with Crippen molar-refractivity contribution in [2.45, 2.75) is 32.3 Å². The summed E-state index contributed by atoms with van der Waals surface area (Å²) in [6, 6.07) is 7.90.